The highest BCUT2D eigenvalue weighted by Crippen LogP contribution is 2.31. The van der Waals surface area contributed by atoms with Crippen molar-refractivity contribution < 1.29 is 4.79 Å². The number of aromatic nitrogens is 4. The standard InChI is InChI=1S/C18H18N4O/c1-4-12(11-23)8-13-14(10-22(3)17(13)5-2)15-9-16-18(21-15)20-7-6-19-16/h4,6-11H,1,5H2,2-3H3,(H,20,21)/b12-8+. The number of carbonyl (C=O) groups is 1. The van der Waals surface area contributed by atoms with E-state index in [1.807, 2.05) is 19.2 Å². The second-order valence-corrected chi connectivity index (χ2v) is 5.31. The number of nitrogens with one attached hydrogen (secondary N) is 1. The molecule has 0 bridgehead atoms. The van der Waals surface area contributed by atoms with Crippen LogP contribution in [0.1, 0.15) is 18.2 Å². The first kappa shape index (κ1) is 15.0. The molecule has 5 heteroatoms. The average molecular weight is 306 g/mol. The number of hydrogen-bond donors (Lipinski definition) is 1. The topological polar surface area (TPSA) is 63.6 Å². The molecule has 0 saturated carbocycles. The van der Waals surface area contributed by atoms with Gasteiger partial charge >= 0.3 is 0 Å². The summed E-state index contributed by atoms with van der Waals surface area (Å²) in [4.78, 5) is 23.1. The van der Waals surface area contributed by atoms with E-state index in [1.54, 1.807) is 18.5 Å². The lowest BCUT2D eigenvalue weighted by Crippen LogP contribution is -1.94. The predicted octanol–water partition coefficient (Wildman–Crippen LogP) is 3.29. The van der Waals surface area contributed by atoms with Crippen LogP contribution >= 0.6 is 0 Å². The van der Waals surface area contributed by atoms with Crippen LogP contribution in [-0.4, -0.2) is 25.8 Å². The minimum absolute atomic E-state index is 0.555. The van der Waals surface area contributed by atoms with E-state index in [0.717, 1.165) is 46.4 Å². The molecular weight excluding hydrogens is 288 g/mol. The molecule has 3 rings (SSSR count). The smallest absolute Gasteiger partial charge is 0.156 e. The van der Waals surface area contributed by atoms with Crippen LogP contribution in [0.15, 0.2) is 42.9 Å². The fraction of sp³-hybridized carbons (Fsp3) is 0.167. The summed E-state index contributed by atoms with van der Waals surface area (Å²) in [6.45, 7) is 5.79. The van der Waals surface area contributed by atoms with Crippen molar-refractivity contribution in [3.05, 3.63) is 54.1 Å². The molecule has 0 aromatic carbocycles. The number of aldehydes is 1. The van der Waals surface area contributed by atoms with Crippen molar-refractivity contribution in [2.75, 3.05) is 0 Å². The van der Waals surface area contributed by atoms with Crippen LogP contribution in [0.4, 0.5) is 0 Å². The zero-order chi connectivity index (χ0) is 16.4. The summed E-state index contributed by atoms with van der Waals surface area (Å²) >= 11 is 0. The van der Waals surface area contributed by atoms with Crippen molar-refractivity contribution in [2.45, 2.75) is 13.3 Å². The second-order valence-electron chi connectivity index (χ2n) is 5.31. The maximum Gasteiger partial charge on any atom is 0.156 e. The molecule has 0 atom stereocenters. The van der Waals surface area contributed by atoms with Gasteiger partial charge in [0, 0.05) is 48.0 Å². The van der Waals surface area contributed by atoms with Gasteiger partial charge in [0.1, 0.15) is 11.8 Å². The van der Waals surface area contributed by atoms with Gasteiger partial charge in [-0.3, -0.25) is 9.78 Å². The molecule has 3 heterocycles. The minimum atomic E-state index is 0.555. The number of allylic oxidation sites excluding steroid dienone is 2. The van der Waals surface area contributed by atoms with E-state index in [2.05, 4.69) is 39.2 Å². The van der Waals surface area contributed by atoms with E-state index in [9.17, 15) is 4.79 Å². The molecule has 23 heavy (non-hydrogen) atoms. The highest BCUT2D eigenvalue weighted by molar-refractivity contribution is 5.90. The molecular formula is C18H18N4O. The average Bonchev–Trinajstić information content (AvgIpc) is 3.12. The first-order valence-electron chi connectivity index (χ1n) is 7.45. The van der Waals surface area contributed by atoms with Gasteiger partial charge in [0.25, 0.3) is 0 Å². The fourth-order valence-corrected chi connectivity index (χ4v) is 2.81. The van der Waals surface area contributed by atoms with E-state index in [4.69, 9.17) is 0 Å². The molecule has 0 radical (unpaired) electrons. The SMILES string of the molecule is C=C/C(C=O)=C\c1c(-c2cc3nccnc3[nH]2)cn(C)c1CC. The molecule has 0 aliphatic rings. The van der Waals surface area contributed by atoms with Crippen LogP contribution in [0.5, 0.6) is 0 Å². The summed E-state index contributed by atoms with van der Waals surface area (Å²) in [6, 6.07) is 1.98. The fourth-order valence-electron chi connectivity index (χ4n) is 2.81. The molecule has 0 saturated heterocycles. The van der Waals surface area contributed by atoms with E-state index < -0.39 is 0 Å². The molecule has 3 aromatic rings. The second kappa shape index (κ2) is 6.04. The van der Waals surface area contributed by atoms with Crippen LogP contribution in [0.2, 0.25) is 0 Å². The third-order valence-electron chi connectivity index (χ3n) is 3.92. The Kier molecular flexibility index (Phi) is 3.93. The number of aryl methyl sites for hydroxylation is 1. The van der Waals surface area contributed by atoms with Crippen molar-refractivity contribution in [2.24, 2.45) is 7.05 Å². The summed E-state index contributed by atoms with van der Waals surface area (Å²) in [5.41, 5.74) is 6.24. The van der Waals surface area contributed by atoms with Crippen molar-refractivity contribution in [3.63, 3.8) is 0 Å². The summed E-state index contributed by atoms with van der Waals surface area (Å²) in [5, 5.41) is 0. The molecule has 0 unspecified atom stereocenters. The first-order valence-corrected chi connectivity index (χ1v) is 7.45. The Morgan fingerprint density at radius 2 is 2.17 bits per heavy atom. The van der Waals surface area contributed by atoms with Gasteiger partial charge in [0.2, 0.25) is 0 Å². The van der Waals surface area contributed by atoms with Gasteiger partial charge < -0.3 is 9.55 Å². The van der Waals surface area contributed by atoms with Crippen molar-refractivity contribution in [3.8, 4) is 11.3 Å². The van der Waals surface area contributed by atoms with Gasteiger partial charge in [-0.05, 0) is 18.6 Å². The highest BCUT2D eigenvalue weighted by atomic mass is 16.1. The van der Waals surface area contributed by atoms with Crippen molar-refractivity contribution in [1.29, 1.82) is 0 Å². The van der Waals surface area contributed by atoms with Gasteiger partial charge in [-0.25, -0.2) is 4.98 Å². The number of fused-ring (bicyclic) bond motifs is 1. The molecule has 0 aliphatic carbocycles. The van der Waals surface area contributed by atoms with Crippen LogP contribution in [0.25, 0.3) is 28.5 Å². The number of hydrogen-bond acceptors (Lipinski definition) is 3. The van der Waals surface area contributed by atoms with Crippen LogP contribution in [0.3, 0.4) is 0 Å². The number of H-pyrrole nitrogens is 1. The number of rotatable bonds is 5. The Balaban J connectivity index is 2.24. The number of nitrogens with zero attached hydrogens (tertiary/aromatic N) is 3. The first-order chi connectivity index (χ1) is 11.2. The lowest BCUT2D eigenvalue weighted by molar-refractivity contribution is -0.104. The van der Waals surface area contributed by atoms with Gasteiger partial charge in [-0.1, -0.05) is 19.6 Å². The van der Waals surface area contributed by atoms with Gasteiger partial charge in [-0.15, -0.1) is 0 Å². The van der Waals surface area contributed by atoms with Gasteiger partial charge in [0.05, 0.1) is 5.69 Å². The van der Waals surface area contributed by atoms with Crippen molar-refractivity contribution in [1.82, 2.24) is 19.5 Å². The number of carbonyl (C=O) groups excluding carboxylic acids is 1. The van der Waals surface area contributed by atoms with E-state index >= 15 is 0 Å². The zero-order valence-corrected chi connectivity index (χ0v) is 13.2. The third-order valence-corrected chi connectivity index (χ3v) is 3.92. The Morgan fingerprint density at radius 1 is 1.39 bits per heavy atom. The van der Waals surface area contributed by atoms with E-state index in [-0.39, 0.29) is 0 Å². The Hall–Kier alpha value is -2.95. The minimum Gasteiger partial charge on any atom is -0.353 e. The maximum atomic E-state index is 11.2. The zero-order valence-electron chi connectivity index (χ0n) is 13.2. The van der Waals surface area contributed by atoms with Gasteiger partial charge in [0.15, 0.2) is 5.65 Å². The number of aromatic amines is 1. The Bertz CT molecular complexity index is 871. The van der Waals surface area contributed by atoms with Crippen LogP contribution in [0, 0.1) is 0 Å². The van der Waals surface area contributed by atoms with Crippen LogP contribution < -0.4 is 0 Å². The maximum absolute atomic E-state index is 11.2. The summed E-state index contributed by atoms with van der Waals surface area (Å²) in [5.74, 6) is 0. The quantitative estimate of drug-likeness (QED) is 0.447. The Labute approximate surface area is 134 Å². The summed E-state index contributed by atoms with van der Waals surface area (Å²) in [7, 11) is 2.01. The molecule has 5 nitrogen and oxygen atoms in total. The lowest BCUT2D eigenvalue weighted by atomic mass is 10.0. The van der Waals surface area contributed by atoms with Gasteiger partial charge in [-0.2, -0.15) is 0 Å². The molecule has 116 valence electrons. The summed E-state index contributed by atoms with van der Waals surface area (Å²) < 4.78 is 2.08. The van der Waals surface area contributed by atoms with E-state index in [0.29, 0.717) is 5.57 Å². The molecule has 0 aliphatic heterocycles. The Morgan fingerprint density at radius 3 is 2.83 bits per heavy atom. The lowest BCUT2D eigenvalue weighted by Gasteiger charge is -2.03. The van der Waals surface area contributed by atoms with Crippen molar-refractivity contribution >= 4 is 23.5 Å². The molecule has 1 N–H and O–H groups in total. The molecule has 0 fully saturated rings. The molecule has 0 spiro atoms. The third kappa shape index (κ3) is 2.61. The highest BCUT2D eigenvalue weighted by Gasteiger charge is 2.15. The summed E-state index contributed by atoms with van der Waals surface area (Å²) in [6.07, 6.45) is 10.5. The largest absolute Gasteiger partial charge is 0.353 e. The molecule has 0 amide bonds. The predicted molar refractivity (Wildman–Crippen MR) is 91.9 cm³/mol. The van der Waals surface area contributed by atoms with Crippen LogP contribution in [-0.2, 0) is 18.3 Å². The van der Waals surface area contributed by atoms with E-state index in [1.165, 1.54) is 0 Å². The normalized spacial score (nSPS) is 11.8. The monoisotopic (exact) mass is 306 g/mol. The molecule has 3 aromatic heterocycles.